The van der Waals surface area contributed by atoms with Crippen LogP contribution in [0.1, 0.15) is 95.8 Å². The minimum Gasteiger partial charge on any atom is -0.618 e. The van der Waals surface area contributed by atoms with E-state index in [0.717, 1.165) is 64.3 Å². The van der Waals surface area contributed by atoms with Crippen molar-refractivity contribution in [3.8, 4) is 22.9 Å². The van der Waals surface area contributed by atoms with Crippen LogP contribution in [0.4, 0.5) is 75.4 Å². The zero-order chi connectivity index (χ0) is 81.1. The highest BCUT2D eigenvalue weighted by atomic mass is 36.0. The Balaban J connectivity index is 0.000000200. The number of fused-ring (bicyclic) bond motifs is 4. The number of amides is 4. The number of rotatable bonds is 17. The summed E-state index contributed by atoms with van der Waals surface area (Å²) in [5.74, 6) is -1.45. The number of aromatic nitrogens is 13. The minimum atomic E-state index is -4.46. The van der Waals surface area contributed by atoms with Gasteiger partial charge >= 0.3 is 29.9 Å². The van der Waals surface area contributed by atoms with E-state index in [1.807, 2.05) is 0 Å². The summed E-state index contributed by atoms with van der Waals surface area (Å²) >= 11 is 25.8. The molecule has 4 aliphatic heterocycles. The third-order valence-corrected chi connectivity index (χ3v) is 15.3. The molecule has 111 heavy (non-hydrogen) atoms. The molecule has 600 valence electrons. The monoisotopic (exact) mass is 1700 g/mol. The van der Waals surface area contributed by atoms with Crippen molar-refractivity contribution < 1.29 is 120 Å². The second-order valence-electron chi connectivity index (χ2n) is 22.4. The molecule has 4 aliphatic rings. The molecule has 0 radical (unpaired) electrons. The maximum atomic E-state index is 13.2. The van der Waals surface area contributed by atoms with Gasteiger partial charge in [0.05, 0.1) is 116 Å². The normalized spacial score (nSPS) is 16.3. The van der Waals surface area contributed by atoms with E-state index < -0.39 is 104 Å². The number of nitrogens with zero attached hydrogens (tertiary/aromatic N) is 17. The molecule has 0 fully saturated rings. The predicted molar refractivity (Wildman–Crippen MR) is 370 cm³/mol. The van der Waals surface area contributed by atoms with Crippen LogP contribution < -0.4 is 33.8 Å². The average Bonchev–Trinajstić information content (AvgIpc) is 2.05. The molecule has 0 spiro atoms. The molecule has 0 bridgehead atoms. The molecule has 0 saturated heterocycles. The summed E-state index contributed by atoms with van der Waals surface area (Å²) in [6.07, 6.45) is -8.83. The van der Waals surface area contributed by atoms with Gasteiger partial charge in [-0.05, 0) is 82.3 Å². The van der Waals surface area contributed by atoms with Gasteiger partial charge in [0.1, 0.15) is 48.3 Å². The first-order chi connectivity index (χ1) is 51.6. The smallest absolute Gasteiger partial charge is 0.408 e. The Morgan fingerprint density at radius 3 is 1.45 bits per heavy atom. The van der Waals surface area contributed by atoms with Crippen molar-refractivity contribution in [1.82, 2.24) is 59.1 Å². The number of aliphatic hydroxyl groups excluding tert-OH is 3. The minimum absolute atomic E-state index is 0. The number of pyridine rings is 5. The lowest BCUT2D eigenvalue weighted by Crippen LogP contribution is -2.35. The lowest BCUT2D eigenvalue weighted by Gasteiger charge is -2.23. The Morgan fingerprint density at radius 1 is 0.550 bits per heavy atom. The number of hydrogen-bond donors (Lipinski definition) is 3. The molecule has 9 aromatic rings. The van der Waals surface area contributed by atoms with Gasteiger partial charge in [-0.3, -0.25) is 67.1 Å². The fourth-order valence-electron chi connectivity index (χ4n) is 10.4. The molecule has 0 saturated carbocycles. The SMILES string of the molecule is C.COCCO.COCCOC1c2nc(-c3cnc(OC)c(OC)c3)ccc2C(=O)N1c1cnn(CC(F)(F)F)c1.O=C1c2ccc(Cl)nc2C(Cl)N1c1cnn(CC(F)(F)F)c1.O=C1c2ccc[n+]([O-])c2C(O)N1c1cnn(CC(F)(F)F)c1.O=C1c2cccnc2C(O)N1c1cnn(CC(F)(F)F)c1.O=P(Cl)(Cl)Cl. The second-order valence-corrected chi connectivity index (χ2v) is 29.8. The van der Waals surface area contributed by atoms with Crippen molar-refractivity contribution in [2.75, 3.05) is 74.5 Å². The van der Waals surface area contributed by atoms with E-state index in [4.69, 9.17) is 47.3 Å². The Morgan fingerprint density at radius 2 is 0.991 bits per heavy atom. The third kappa shape index (κ3) is 23.1. The van der Waals surface area contributed by atoms with E-state index in [-0.39, 0.29) is 94.5 Å². The van der Waals surface area contributed by atoms with Crippen molar-refractivity contribution in [2.24, 2.45) is 0 Å². The summed E-state index contributed by atoms with van der Waals surface area (Å²) in [4.78, 5) is 70.8. The fraction of sp³-hybridized carbons (Fsp3) is 0.339. The lowest BCUT2D eigenvalue weighted by atomic mass is 10.1. The van der Waals surface area contributed by atoms with Crippen molar-refractivity contribution in [3.05, 3.63) is 178 Å². The third-order valence-electron chi connectivity index (χ3n) is 14.7. The summed E-state index contributed by atoms with van der Waals surface area (Å²) < 4.78 is 188. The van der Waals surface area contributed by atoms with Crippen molar-refractivity contribution in [3.63, 3.8) is 0 Å². The van der Waals surface area contributed by atoms with Crippen LogP contribution in [0.5, 0.6) is 11.6 Å². The highest BCUT2D eigenvalue weighted by Crippen LogP contribution is 2.61. The van der Waals surface area contributed by atoms with E-state index in [9.17, 15) is 91.8 Å². The van der Waals surface area contributed by atoms with Gasteiger partial charge in [0, 0.05) is 63.0 Å². The number of carbonyl (C=O) groups excluding carboxylic acids is 4. The standard InChI is InChI=1S/C22H22F3N5O5.C12H7Cl2F3N4O.C12H9F3N4O3.C12H9F3N4O2.C3H8O2.CH4.Cl3OP/c1-32-6-7-35-21-18-15(20(31)30(21)14-10-27-29(11-14)12-22(23,24)25)4-5-16(28-18)13-8-17(33-2)19(34-3)26-9-13;13-8-2-1-7-9(19-8)10(14)21(11(7)22)6-3-18-20(4-6)5-12(15,16)17;13-12(14,15)6-17-5-7(4-16-17)19-10(20)8-2-1-3-18(22)9(8)11(19)21;13-12(14,15)6-18-5-7(4-17-18)19-10(20)8-2-1-3-16-9(8)11(19)21;1-5-3-2-4;;1-5(2,3)4/h4-5,8-11,21H,6-7,12H2,1-3H3;1-4,10H,5H2;1-5,11,21H,6H2;1-5,11,21H,6H2;4H,2-3H2,1H3;1H4;. The van der Waals surface area contributed by atoms with E-state index in [0.29, 0.717) is 58.6 Å². The Labute approximate surface area is 642 Å². The molecule has 9 aromatic heterocycles. The van der Waals surface area contributed by atoms with Gasteiger partial charge in [0.2, 0.25) is 6.23 Å². The molecule has 49 heteroatoms. The number of methoxy groups -OCH3 is 4. The second kappa shape index (κ2) is 37.2. The average molecular weight is 1700 g/mol. The van der Waals surface area contributed by atoms with Gasteiger partial charge in [-0.25, -0.2) is 15.0 Å². The quantitative estimate of drug-likeness (QED) is 0.0111. The summed E-state index contributed by atoms with van der Waals surface area (Å²) in [7, 11) is 6.00. The maximum Gasteiger partial charge on any atom is 0.408 e. The fourth-order valence-corrected chi connectivity index (χ4v) is 10.9. The van der Waals surface area contributed by atoms with Crippen molar-refractivity contribution in [1.29, 1.82) is 0 Å². The Bertz CT molecular complexity index is 4780. The molecule has 3 N–H and O–H groups in total. The van der Waals surface area contributed by atoms with Gasteiger partial charge in [-0.15, -0.1) is 0 Å². The van der Waals surface area contributed by atoms with Crippen LogP contribution in [-0.4, -0.2) is 178 Å². The van der Waals surface area contributed by atoms with Gasteiger partial charge < -0.3 is 44.2 Å². The van der Waals surface area contributed by atoms with E-state index in [1.54, 1.807) is 37.6 Å². The number of alkyl halides is 13. The first-order valence-electron chi connectivity index (χ1n) is 30.6. The van der Waals surface area contributed by atoms with Crippen LogP contribution >= 0.6 is 62.1 Å². The van der Waals surface area contributed by atoms with E-state index in [2.05, 4.69) is 78.8 Å². The summed E-state index contributed by atoms with van der Waals surface area (Å²) in [6, 6.07) is 13.6. The first kappa shape index (κ1) is 88.7. The van der Waals surface area contributed by atoms with Crippen LogP contribution in [0.2, 0.25) is 5.15 Å². The number of hydrogen-bond acceptors (Lipinski definition) is 22. The van der Waals surface area contributed by atoms with Gasteiger partial charge in [0.15, 0.2) is 29.9 Å². The molecular weight excluding hydrogens is 1640 g/mol. The number of ether oxygens (including phenoxy) is 5. The summed E-state index contributed by atoms with van der Waals surface area (Å²) in [5.41, 5.74) is 1.79. The van der Waals surface area contributed by atoms with E-state index >= 15 is 0 Å². The zero-order valence-electron chi connectivity index (χ0n) is 56.3. The van der Waals surface area contributed by atoms with Crippen molar-refractivity contribution >= 4 is 109 Å². The van der Waals surface area contributed by atoms with Gasteiger partial charge in [-0.1, -0.05) is 30.6 Å². The summed E-state index contributed by atoms with van der Waals surface area (Å²) in [5, 5.41) is 51.1. The highest BCUT2D eigenvalue weighted by molar-refractivity contribution is 8.24. The molecule has 31 nitrogen and oxygen atoms in total. The first-order valence-corrected chi connectivity index (χ1v) is 35.8. The lowest BCUT2D eigenvalue weighted by molar-refractivity contribution is -0.618. The topological polar surface area (TPSA) is 355 Å². The molecule has 4 unspecified atom stereocenters. The van der Waals surface area contributed by atoms with Crippen LogP contribution in [0.3, 0.4) is 0 Å². The zero-order valence-corrected chi connectivity index (χ0v) is 61.0. The molecule has 4 atom stereocenters. The molecule has 13 rings (SSSR count). The molecule has 0 aliphatic carbocycles. The predicted octanol–water partition coefficient (Wildman–Crippen LogP) is 11.9. The molecule has 0 aromatic carbocycles. The van der Waals surface area contributed by atoms with E-state index in [1.165, 1.54) is 69.0 Å². The maximum absolute atomic E-state index is 13.2. The number of carbonyl (C=O) groups is 4. The van der Waals surface area contributed by atoms with Crippen LogP contribution in [0, 0.1) is 5.21 Å². The van der Waals surface area contributed by atoms with Gasteiger partial charge in [0.25, 0.3) is 35.2 Å². The van der Waals surface area contributed by atoms with Crippen molar-refractivity contribution in [2.45, 2.75) is 82.5 Å². The number of aliphatic hydroxyl groups is 3. The molecular formula is C62H59Cl5F12N17O14P. The number of halogens is 17. The molecule has 4 amide bonds. The number of anilines is 4. The van der Waals surface area contributed by atoms with Gasteiger partial charge in [-0.2, -0.15) is 77.8 Å². The van der Waals surface area contributed by atoms with Crippen LogP contribution in [0.25, 0.3) is 11.3 Å². The Kier molecular flexibility index (Phi) is 29.7. The molecule has 13 heterocycles. The Hall–Kier alpha value is -9.53. The largest absolute Gasteiger partial charge is 0.618 e. The summed E-state index contributed by atoms with van der Waals surface area (Å²) in [6.45, 7) is -4.21. The van der Waals surface area contributed by atoms with Crippen LogP contribution in [-0.2, 0) is 45.0 Å². The highest BCUT2D eigenvalue weighted by Gasteiger charge is 2.46. The van der Waals surface area contributed by atoms with Crippen LogP contribution in [0.15, 0.2) is 123 Å².